The molecule has 2 aliphatic rings. The van der Waals surface area contributed by atoms with E-state index in [-0.39, 0.29) is 11.6 Å². The Hall–Kier alpha value is -2.58. The number of benzene rings is 1. The maximum Gasteiger partial charge on any atom is 0.321 e. The topological polar surface area (TPSA) is 63.1 Å². The molecule has 0 spiro atoms. The second kappa shape index (κ2) is 6.62. The van der Waals surface area contributed by atoms with Crippen molar-refractivity contribution in [2.75, 3.05) is 18.4 Å². The van der Waals surface area contributed by atoms with Gasteiger partial charge in [-0.05, 0) is 19.3 Å². The number of aryl methyl sites for hydroxylation is 1. The van der Waals surface area contributed by atoms with Crippen LogP contribution in [0.1, 0.15) is 36.8 Å². The van der Waals surface area contributed by atoms with Crippen molar-refractivity contribution in [3.05, 3.63) is 41.2 Å². The predicted molar refractivity (Wildman–Crippen MR) is 87.2 cm³/mol. The highest BCUT2D eigenvalue weighted by atomic mass is 19.2. The average molecular weight is 365 g/mol. The fraction of sp³-hybridized carbons (Fsp3) is 0.471. The number of halogens is 3. The first-order valence-electron chi connectivity index (χ1n) is 8.65. The molecule has 0 aliphatic carbocycles. The summed E-state index contributed by atoms with van der Waals surface area (Å²) in [6.45, 7) is 1.89. The summed E-state index contributed by atoms with van der Waals surface area (Å²) in [5.74, 6) is -2.27. The molecular weight excluding hydrogens is 347 g/mol. The van der Waals surface area contributed by atoms with Gasteiger partial charge < -0.3 is 14.8 Å². The Morgan fingerprint density at radius 3 is 2.65 bits per heavy atom. The van der Waals surface area contributed by atoms with E-state index in [0.717, 1.165) is 56.0 Å². The second-order valence-electron chi connectivity index (χ2n) is 6.70. The number of fused-ring (bicyclic) bond motifs is 1. The van der Waals surface area contributed by atoms with Gasteiger partial charge in [-0.1, -0.05) is 0 Å². The first-order chi connectivity index (χ1) is 12.5. The molecule has 9 heteroatoms. The lowest BCUT2D eigenvalue weighted by Gasteiger charge is -2.32. The summed E-state index contributed by atoms with van der Waals surface area (Å²) in [4.78, 5) is 14.0. The number of anilines is 1. The number of carbonyl (C=O) groups excluding carboxylic acids is 1. The minimum atomic E-state index is -1.55. The van der Waals surface area contributed by atoms with Crippen LogP contribution in [-0.2, 0) is 13.0 Å². The largest absolute Gasteiger partial charge is 0.324 e. The highest BCUT2D eigenvalue weighted by Gasteiger charge is 2.30. The molecule has 3 heterocycles. The van der Waals surface area contributed by atoms with E-state index in [0.29, 0.717) is 13.1 Å². The number of hydrogen-bond acceptors (Lipinski definition) is 3. The van der Waals surface area contributed by atoms with Crippen LogP contribution in [-0.4, -0.2) is 38.8 Å². The predicted octanol–water partition coefficient (Wildman–Crippen LogP) is 3.05. The molecule has 26 heavy (non-hydrogen) atoms. The molecule has 1 fully saturated rings. The summed E-state index contributed by atoms with van der Waals surface area (Å²) < 4.78 is 41.8. The van der Waals surface area contributed by atoms with Gasteiger partial charge in [0, 0.05) is 49.8 Å². The van der Waals surface area contributed by atoms with Crippen molar-refractivity contribution in [1.82, 2.24) is 19.7 Å². The van der Waals surface area contributed by atoms with Crippen LogP contribution >= 0.6 is 0 Å². The molecule has 1 unspecified atom stereocenters. The van der Waals surface area contributed by atoms with Crippen LogP contribution in [0.5, 0.6) is 0 Å². The van der Waals surface area contributed by atoms with E-state index in [1.807, 2.05) is 0 Å². The molecular formula is C17H18F3N5O. The molecule has 2 amide bonds. The molecule has 4 rings (SSSR count). The summed E-state index contributed by atoms with van der Waals surface area (Å²) in [6, 6.07) is 1.06. The number of amides is 2. The lowest BCUT2D eigenvalue weighted by molar-refractivity contribution is 0.190. The van der Waals surface area contributed by atoms with Crippen molar-refractivity contribution in [1.29, 1.82) is 0 Å². The van der Waals surface area contributed by atoms with Crippen LogP contribution in [0.25, 0.3) is 0 Å². The second-order valence-corrected chi connectivity index (χ2v) is 6.70. The Balaban J connectivity index is 1.46. The first-order valence-corrected chi connectivity index (χ1v) is 8.65. The van der Waals surface area contributed by atoms with Crippen molar-refractivity contribution in [2.45, 2.75) is 38.1 Å². The molecule has 2 aliphatic heterocycles. The number of hydrogen-bond donors (Lipinski definition) is 1. The van der Waals surface area contributed by atoms with Gasteiger partial charge in [0.05, 0.1) is 0 Å². The number of urea groups is 1. The van der Waals surface area contributed by atoms with Crippen molar-refractivity contribution in [2.24, 2.45) is 0 Å². The van der Waals surface area contributed by atoms with Crippen molar-refractivity contribution in [3.63, 3.8) is 0 Å². The normalized spacial score (nSPS) is 19.5. The maximum atomic E-state index is 13.3. The summed E-state index contributed by atoms with van der Waals surface area (Å²) in [6.07, 6.45) is 3.68. The Bertz CT molecular complexity index is 830. The third-order valence-corrected chi connectivity index (χ3v) is 4.95. The van der Waals surface area contributed by atoms with Gasteiger partial charge >= 0.3 is 6.03 Å². The SMILES string of the molecule is O=C(Nc1cc(F)c(F)c(F)c1)N1CCCC(c2nnc3n2CCC3)C1. The molecule has 1 aromatic carbocycles. The standard InChI is InChI=1S/C17H18F3N5O/c18-12-7-11(8-13(19)15(12)20)21-17(26)24-5-1-3-10(9-24)16-23-22-14-4-2-6-25(14)16/h7-8,10H,1-6,9H2,(H,21,26). The third kappa shape index (κ3) is 3.02. The van der Waals surface area contributed by atoms with Gasteiger partial charge in [0.25, 0.3) is 0 Å². The summed E-state index contributed by atoms with van der Waals surface area (Å²) in [5, 5.41) is 10.9. The number of likely N-dealkylation sites (tertiary alicyclic amines) is 1. The van der Waals surface area contributed by atoms with Crippen LogP contribution in [0.4, 0.5) is 23.7 Å². The number of rotatable bonds is 2. The highest BCUT2D eigenvalue weighted by molar-refractivity contribution is 5.89. The average Bonchev–Trinajstić information content (AvgIpc) is 3.23. The number of nitrogens with one attached hydrogen (secondary N) is 1. The number of nitrogens with zero attached hydrogens (tertiary/aromatic N) is 4. The lowest BCUT2D eigenvalue weighted by Crippen LogP contribution is -2.42. The molecule has 0 bridgehead atoms. The molecule has 6 nitrogen and oxygen atoms in total. The minimum absolute atomic E-state index is 0.0792. The van der Waals surface area contributed by atoms with E-state index < -0.39 is 23.5 Å². The molecule has 1 saturated heterocycles. The number of piperidine rings is 1. The van der Waals surface area contributed by atoms with Gasteiger partial charge in [0.1, 0.15) is 11.6 Å². The highest BCUT2D eigenvalue weighted by Crippen LogP contribution is 2.29. The van der Waals surface area contributed by atoms with Crippen LogP contribution in [0.2, 0.25) is 0 Å². The number of aromatic nitrogens is 3. The molecule has 1 atom stereocenters. The maximum absolute atomic E-state index is 13.3. The summed E-state index contributed by atoms with van der Waals surface area (Å²) >= 11 is 0. The van der Waals surface area contributed by atoms with E-state index in [1.165, 1.54) is 0 Å². The quantitative estimate of drug-likeness (QED) is 0.832. The van der Waals surface area contributed by atoms with Crippen molar-refractivity contribution >= 4 is 11.7 Å². The monoisotopic (exact) mass is 365 g/mol. The zero-order valence-electron chi connectivity index (χ0n) is 14.0. The van der Waals surface area contributed by atoms with Gasteiger partial charge in [-0.2, -0.15) is 0 Å². The van der Waals surface area contributed by atoms with Crippen molar-refractivity contribution in [3.8, 4) is 0 Å². The number of carbonyl (C=O) groups is 1. The zero-order valence-corrected chi connectivity index (χ0v) is 14.0. The van der Waals surface area contributed by atoms with Gasteiger partial charge in [-0.3, -0.25) is 0 Å². The van der Waals surface area contributed by atoms with Crippen molar-refractivity contribution < 1.29 is 18.0 Å². The van der Waals surface area contributed by atoms with Gasteiger partial charge in [0.15, 0.2) is 17.5 Å². The Kier molecular flexibility index (Phi) is 4.29. The van der Waals surface area contributed by atoms with E-state index >= 15 is 0 Å². The smallest absolute Gasteiger partial charge is 0.321 e. The van der Waals surface area contributed by atoms with Crippen LogP contribution < -0.4 is 5.32 Å². The fourth-order valence-electron chi connectivity index (χ4n) is 3.68. The van der Waals surface area contributed by atoms with E-state index in [9.17, 15) is 18.0 Å². The minimum Gasteiger partial charge on any atom is -0.324 e. The molecule has 2 aromatic rings. The molecule has 1 aromatic heterocycles. The van der Waals surface area contributed by atoms with Gasteiger partial charge in [0.2, 0.25) is 0 Å². The summed E-state index contributed by atoms with van der Waals surface area (Å²) in [5.41, 5.74) is -0.114. The first kappa shape index (κ1) is 16.9. The Morgan fingerprint density at radius 2 is 1.88 bits per heavy atom. The molecule has 1 N–H and O–H groups in total. The Morgan fingerprint density at radius 1 is 1.12 bits per heavy atom. The van der Waals surface area contributed by atoms with Crippen LogP contribution in [0.3, 0.4) is 0 Å². The van der Waals surface area contributed by atoms with Gasteiger partial charge in [-0.25, -0.2) is 18.0 Å². The van der Waals surface area contributed by atoms with E-state index in [4.69, 9.17) is 0 Å². The molecule has 0 saturated carbocycles. The molecule has 0 radical (unpaired) electrons. The van der Waals surface area contributed by atoms with Gasteiger partial charge in [-0.15, -0.1) is 10.2 Å². The lowest BCUT2D eigenvalue weighted by atomic mass is 9.97. The zero-order chi connectivity index (χ0) is 18.3. The third-order valence-electron chi connectivity index (χ3n) is 4.95. The van der Waals surface area contributed by atoms with Crippen LogP contribution in [0, 0.1) is 17.5 Å². The van der Waals surface area contributed by atoms with E-state index in [1.54, 1.807) is 4.90 Å². The summed E-state index contributed by atoms with van der Waals surface area (Å²) in [7, 11) is 0. The Labute approximate surface area is 148 Å². The van der Waals surface area contributed by atoms with E-state index in [2.05, 4.69) is 20.1 Å². The fourth-order valence-corrected chi connectivity index (χ4v) is 3.68. The molecule has 138 valence electrons. The van der Waals surface area contributed by atoms with Crippen LogP contribution in [0.15, 0.2) is 12.1 Å².